The van der Waals surface area contributed by atoms with Crippen molar-refractivity contribution in [1.82, 2.24) is 9.78 Å². The van der Waals surface area contributed by atoms with Crippen molar-refractivity contribution in [3.8, 4) is 0 Å². The molecule has 108 valence electrons. The Hall–Kier alpha value is -2.07. The number of nitrogens with zero attached hydrogens (tertiary/aromatic N) is 3. The Labute approximate surface area is 128 Å². The Bertz CT molecular complexity index is 733. The van der Waals surface area contributed by atoms with Gasteiger partial charge in [-0.2, -0.15) is 5.10 Å². The Morgan fingerprint density at radius 3 is 2.86 bits per heavy atom. The quantitative estimate of drug-likeness (QED) is 0.800. The highest BCUT2D eigenvalue weighted by molar-refractivity contribution is 6.31. The molecule has 1 amide bonds. The number of hydrogen-bond acceptors (Lipinski definition) is 2. The minimum atomic E-state index is -0.0285. The van der Waals surface area contributed by atoms with Crippen molar-refractivity contribution < 1.29 is 4.79 Å². The summed E-state index contributed by atoms with van der Waals surface area (Å²) in [6.45, 7) is 2.60. The fraction of sp³-hybridized carbons (Fsp3) is 0.250. The zero-order valence-electron chi connectivity index (χ0n) is 12.0. The average Bonchev–Trinajstić information content (AvgIpc) is 3.00. The average molecular weight is 302 g/mol. The lowest BCUT2D eigenvalue weighted by molar-refractivity contribution is -0.114. The number of halogens is 1. The van der Waals surface area contributed by atoms with Gasteiger partial charge in [0.1, 0.15) is 5.15 Å². The number of hydrogen-bond donors (Lipinski definition) is 0. The molecule has 0 N–H and O–H groups in total. The van der Waals surface area contributed by atoms with Crippen LogP contribution in [-0.4, -0.2) is 22.2 Å². The van der Waals surface area contributed by atoms with E-state index in [1.165, 1.54) is 5.56 Å². The molecular formula is C16H16ClN3O. The number of benzene rings is 1. The van der Waals surface area contributed by atoms with Gasteiger partial charge >= 0.3 is 0 Å². The second-order valence-electron chi connectivity index (χ2n) is 5.12. The Morgan fingerprint density at radius 2 is 2.14 bits per heavy atom. The summed E-state index contributed by atoms with van der Waals surface area (Å²) in [5.74, 6) is -0.0285. The lowest BCUT2D eigenvalue weighted by atomic mass is 10.2. The van der Waals surface area contributed by atoms with Gasteiger partial charge in [-0.15, -0.1) is 0 Å². The van der Waals surface area contributed by atoms with E-state index < -0.39 is 0 Å². The van der Waals surface area contributed by atoms with Crippen LogP contribution < -0.4 is 4.90 Å². The second-order valence-corrected chi connectivity index (χ2v) is 5.47. The van der Waals surface area contributed by atoms with Crippen LogP contribution in [0.15, 0.2) is 30.3 Å². The molecule has 0 saturated carbocycles. The van der Waals surface area contributed by atoms with Crippen molar-refractivity contribution in [2.75, 3.05) is 11.4 Å². The highest BCUT2D eigenvalue weighted by atomic mass is 35.5. The summed E-state index contributed by atoms with van der Waals surface area (Å²) < 4.78 is 1.60. The van der Waals surface area contributed by atoms with E-state index in [4.69, 9.17) is 11.6 Å². The lowest BCUT2D eigenvalue weighted by Crippen LogP contribution is -2.26. The number of amides is 1. The first-order valence-electron chi connectivity index (χ1n) is 6.84. The molecule has 1 aliphatic heterocycles. The predicted octanol–water partition coefficient (Wildman–Crippen LogP) is 2.98. The summed E-state index contributed by atoms with van der Waals surface area (Å²) in [7, 11) is 1.78. The topological polar surface area (TPSA) is 38.1 Å². The maximum absolute atomic E-state index is 12.4. The number of carbonyl (C=O) groups excluding carboxylic acids is 1. The molecule has 2 aromatic rings. The van der Waals surface area contributed by atoms with Gasteiger partial charge in [0.05, 0.1) is 5.69 Å². The summed E-state index contributed by atoms with van der Waals surface area (Å²) >= 11 is 6.16. The van der Waals surface area contributed by atoms with E-state index in [2.05, 4.69) is 11.2 Å². The zero-order valence-corrected chi connectivity index (χ0v) is 12.8. The highest BCUT2D eigenvalue weighted by Crippen LogP contribution is 2.28. The first kappa shape index (κ1) is 13.9. The van der Waals surface area contributed by atoms with Gasteiger partial charge in [-0.25, -0.2) is 0 Å². The monoisotopic (exact) mass is 301 g/mol. The molecule has 21 heavy (non-hydrogen) atoms. The molecule has 0 fully saturated rings. The maximum Gasteiger partial charge on any atom is 0.251 e. The molecular weight excluding hydrogens is 286 g/mol. The molecule has 1 aliphatic rings. The van der Waals surface area contributed by atoms with Crippen molar-refractivity contribution >= 4 is 29.3 Å². The van der Waals surface area contributed by atoms with Crippen molar-refractivity contribution in [3.63, 3.8) is 0 Å². The fourth-order valence-electron chi connectivity index (χ4n) is 2.65. The molecule has 3 rings (SSSR count). The minimum absolute atomic E-state index is 0.0285. The van der Waals surface area contributed by atoms with E-state index in [-0.39, 0.29) is 5.91 Å². The molecule has 4 nitrogen and oxygen atoms in total. The Kier molecular flexibility index (Phi) is 3.55. The number of rotatable bonds is 2. The molecule has 1 aromatic heterocycles. The van der Waals surface area contributed by atoms with Crippen molar-refractivity contribution in [1.29, 1.82) is 0 Å². The van der Waals surface area contributed by atoms with Crippen LogP contribution in [0.25, 0.3) is 6.08 Å². The fourth-order valence-corrected chi connectivity index (χ4v) is 2.89. The predicted molar refractivity (Wildman–Crippen MR) is 84.5 cm³/mol. The van der Waals surface area contributed by atoms with E-state index in [1.807, 2.05) is 25.1 Å². The lowest BCUT2D eigenvalue weighted by Gasteiger charge is -2.14. The van der Waals surface area contributed by atoms with Crippen LogP contribution in [0.5, 0.6) is 0 Å². The smallest absolute Gasteiger partial charge is 0.251 e. The van der Waals surface area contributed by atoms with Gasteiger partial charge in [0.15, 0.2) is 0 Å². The van der Waals surface area contributed by atoms with Gasteiger partial charge in [-0.05, 0) is 31.1 Å². The van der Waals surface area contributed by atoms with Gasteiger partial charge in [0.2, 0.25) is 0 Å². The summed E-state index contributed by atoms with van der Waals surface area (Å²) in [5, 5.41) is 4.77. The largest absolute Gasteiger partial charge is 0.308 e. The van der Waals surface area contributed by atoms with Crippen LogP contribution in [0.3, 0.4) is 0 Å². The molecule has 0 bridgehead atoms. The molecule has 0 saturated heterocycles. The molecule has 5 heteroatoms. The summed E-state index contributed by atoms with van der Waals surface area (Å²) in [4.78, 5) is 14.2. The standard InChI is InChI=1S/C16H16ClN3O/c1-11-13(16(17)19(2)18-11)7-8-15(21)20-10-9-12-5-3-4-6-14(12)20/h3-8H,9-10H2,1-2H3/b8-7+. The van der Waals surface area contributed by atoms with E-state index >= 15 is 0 Å². The molecule has 0 atom stereocenters. The van der Waals surface area contributed by atoms with Crippen molar-refractivity contribution in [3.05, 3.63) is 52.3 Å². The summed E-state index contributed by atoms with van der Waals surface area (Å²) in [5.41, 5.74) is 3.82. The van der Waals surface area contributed by atoms with Gasteiger partial charge in [-0.1, -0.05) is 29.8 Å². The summed E-state index contributed by atoms with van der Waals surface area (Å²) in [6, 6.07) is 8.00. The van der Waals surface area contributed by atoms with Crippen molar-refractivity contribution in [2.45, 2.75) is 13.3 Å². The van der Waals surface area contributed by atoms with E-state index in [9.17, 15) is 4.79 Å². The first-order chi connectivity index (χ1) is 10.1. The molecule has 1 aromatic carbocycles. The van der Waals surface area contributed by atoms with E-state index in [1.54, 1.807) is 28.8 Å². The van der Waals surface area contributed by atoms with E-state index in [0.29, 0.717) is 5.15 Å². The first-order valence-corrected chi connectivity index (χ1v) is 7.22. The Morgan fingerprint density at radius 1 is 1.38 bits per heavy atom. The zero-order chi connectivity index (χ0) is 15.0. The summed E-state index contributed by atoms with van der Waals surface area (Å²) in [6.07, 6.45) is 4.22. The highest BCUT2D eigenvalue weighted by Gasteiger charge is 2.22. The third-order valence-corrected chi connectivity index (χ3v) is 4.19. The van der Waals surface area contributed by atoms with Crippen molar-refractivity contribution in [2.24, 2.45) is 7.05 Å². The van der Waals surface area contributed by atoms with Crippen LogP contribution in [-0.2, 0) is 18.3 Å². The molecule has 0 radical (unpaired) electrons. The third-order valence-electron chi connectivity index (χ3n) is 3.74. The van der Waals surface area contributed by atoms with Crippen LogP contribution >= 0.6 is 11.6 Å². The van der Waals surface area contributed by atoms with Gasteiger partial charge < -0.3 is 4.90 Å². The number of para-hydroxylation sites is 1. The molecule has 0 spiro atoms. The third kappa shape index (κ3) is 2.47. The SMILES string of the molecule is Cc1nn(C)c(Cl)c1/C=C/C(=O)N1CCc2ccccc21. The maximum atomic E-state index is 12.4. The van der Waals surface area contributed by atoms with Crippen LogP contribution in [0.2, 0.25) is 5.15 Å². The molecule has 2 heterocycles. The van der Waals surface area contributed by atoms with Crippen LogP contribution in [0.1, 0.15) is 16.8 Å². The Balaban J connectivity index is 1.83. The van der Waals surface area contributed by atoms with E-state index in [0.717, 1.165) is 29.9 Å². The van der Waals surface area contributed by atoms with Gasteiger partial charge in [-0.3, -0.25) is 9.48 Å². The number of fused-ring (bicyclic) bond motifs is 1. The molecule has 0 unspecified atom stereocenters. The minimum Gasteiger partial charge on any atom is -0.308 e. The van der Waals surface area contributed by atoms with Gasteiger partial charge in [0, 0.05) is 30.9 Å². The number of aromatic nitrogens is 2. The van der Waals surface area contributed by atoms with Crippen LogP contribution in [0, 0.1) is 6.92 Å². The second kappa shape index (κ2) is 5.37. The van der Waals surface area contributed by atoms with Gasteiger partial charge in [0.25, 0.3) is 5.91 Å². The molecule has 0 aliphatic carbocycles. The normalized spacial score (nSPS) is 14.0. The number of aryl methyl sites for hydroxylation is 2. The van der Waals surface area contributed by atoms with Crippen LogP contribution in [0.4, 0.5) is 5.69 Å². The number of anilines is 1. The number of carbonyl (C=O) groups is 1.